The van der Waals surface area contributed by atoms with Gasteiger partial charge >= 0.3 is 5.97 Å². The van der Waals surface area contributed by atoms with Crippen molar-refractivity contribution < 1.29 is 9.90 Å². The summed E-state index contributed by atoms with van der Waals surface area (Å²) in [5.74, 6) is -0.869. The standard InChI is InChI=1S/C17H23NO2/c1-11-12(2)18(9-8-17(3,4)5)15-7-6-13(16(19)20)10-14(11)15/h6-7,10H,8-9H2,1-5H3,(H,19,20). The first-order valence-electron chi connectivity index (χ1n) is 7.03. The number of carbonyl (C=O) groups is 1. The van der Waals surface area contributed by atoms with Crippen molar-refractivity contribution in [3.63, 3.8) is 0 Å². The largest absolute Gasteiger partial charge is 0.478 e. The molecule has 0 aliphatic rings. The van der Waals surface area contributed by atoms with E-state index in [0.717, 1.165) is 23.9 Å². The molecule has 1 aromatic heterocycles. The lowest BCUT2D eigenvalue weighted by Gasteiger charge is -2.19. The maximum Gasteiger partial charge on any atom is 0.335 e. The fraction of sp³-hybridized carbons (Fsp3) is 0.471. The summed E-state index contributed by atoms with van der Waals surface area (Å²) in [6.45, 7) is 11.9. The number of hydrogen-bond acceptors (Lipinski definition) is 1. The number of aryl methyl sites for hydroxylation is 2. The van der Waals surface area contributed by atoms with Crippen molar-refractivity contribution in [2.45, 2.75) is 47.6 Å². The number of carboxylic acid groups (broad SMARTS) is 1. The van der Waals surface area contributed by atoms with Crippen LogP contribution >= 0.6 is 0 Å². The summed E-state index contributed by atoms with van der Waals surface area (Å²) < 4.78 is 2.31. The van der Waals surface area contributed by atoms with Gasteiger partial charge in [0.2, 0.25) is 0 Å². The number of aromatic nitrogens is 1. The first kappa shape index (κ1) is 14.6. The molecule has 0 amide bonds. The van der Waals surface area contributed by atoms with Crippen molar-refractivity contribution in [2.24, 2.45) is 5.41 Å². The molecule has 0 unspecified atom stereocenters. The SMILES string of the molecule is Cc1c(C)n(CCC(C)(C)C)c2ccc(C(=O)O)cc12. The smallest absolute Gasteiger partial charge is 0.335 e. The fourth-order valence-corrected chi connectivity index (χ4v) is 2.52. The van der Waals surface area contributed by atoms with Gasteiger partial charge in [0.1, 0.15) is 0 Å². The van der Waals surface area contributed by atoms with Gasteiger partial charge in [-0.05, 0) is 49.4 Å². The minimum Gasteiger partial charge on any atom is -0.478 e. The third-order valence-corrected chi connectivity index (χ3v) is 3.97. The third-order valence-electron chi connectivity index (χ3n) is 3.97. The molecule has 2 aromatic rings. The van der Waals surface area contributed by atoms with Crippen LogP contribution in [-0.2, 0) is 6.54 Å². The van der Waals surface area contributed by atoms with Gasteiger partial charge in [-0.1, -0.05) is 20.8 Å². The Labute approximate surface area is 120 Å². The molecule has 3 heteroatoms. The molecule has 0 spiro atoms. The lowest BCUT2D eigenvalue weighted by molar-refractivity contribution is 0.0697. The van der Waals surface area contributed by atoms with Gasteiger partial charge in [0.25, 0.3) is 0 Å². The van der Waals surface area contributed by atoms with E-state index in [4.69, 9.17) is 5.11 Å². The summed E-state index contributed by atoms with van der Waals surface area (Å²) in [6, 6.07) is 5.41. The van der Waals surface area contributed by atoms with Crippen LogP contribution in [0, 0.1) is 19.3 Å². The number of fused-ring (bicyclic) bond motifs is 1. The average molecular weight is 273 g/mol. The Morgan fingerprint density at radius 2 is 1.90 bits per heavy atom. The summed E-state index contributed by atoms with van der Waals surface area (Å²) >= 11 is 0. The number of carboxylic acids is 1. The third kappa shape index (κ3) is 2.72. The molecule has 1 N–H and O–H groups in total. The van der Waals surface area contributed by atoms with Gasteiger partial charge in [-0.15, -0.1) is 0 Å². The van der Waals surface area contributed by atoms with Crippen LogP contribution < -0.4 is 0 Å². The minimum atomic E-state index is -0.869. The van der Waals surface area contributed by atoms with E-state index in [1.165, 1.54) is 11.3 Å². The van der Waals surface area contributed by atoms with Crippen molar-refractivity contribution in [3.05, 3.63) is 35.0 Å². The molecule has 0 saturated carbocycles. The second kappa shape index (κ2) is 4.97. The molecular weight excluding hydrogens is 250 g/mol. The predicted molar refractivity (Wildman–Crippen MR) is 82.4 cm³/mol. The van der Waals surface area contributed by atoms with E-state index in [0.29, 0.717) is 5.56 Å². The van der Waals surface area contributed by atoms with E-state index in [1.54, 1.807) is 12.1 Å². The fourth-order valence-electron chi connectivity index (χ4n) is 2.52. The Bertz CT molecular complexity index is 660. The van der Waals surface area contributed by atoms with E-state index in [-0.39, 0.29) is 5.41 Å². The van der Waals surface area contributed by atoms with Gasteiger partial charge in [-0.2, -0.15) is 0 Å². The van der Waals surface area contributed by atoms with Gasteiger partial charge in [0.15, 0.2) is 0 Å². The molecule has 0 aliphatic carbocycles. The zero-order chi connectivity index (χ0) is 15.1. The highest BCUT2D eigenvalue weighted by Crippen LogP contribution is 2.28. The van der Waals surface area contributed by atoms with Crippen LogP contribution in [0.15, 0.2) is 18.2 Å². The van der Waals surface area contributed by atoms with Crippen LogP contribution in [0.3, 0.4) is 0 Å². The van der Waals surface area contributed by atoms with E-state index in [1.807, 2.05) is 6.07 Å². The van der Waals surface area contributed by atoms with Crippen molar-refractivity contribution >= 4 is 16.9 Å². The molecule has 0 radical (unpaired) electrons. The van der Waals surface area contributed by atoms with Crippen LogP contribution in [0.4, 0.5) is 0 Å². The highest BCUT2D eigenvalue weighted by atomic mass is 16.4. The van der Waals surface area contributed by atoms with Crippen LogP contribution in [0.2, 0.25) is 0 Å². The second-order valence-corrected chi connectivity index (χ2v) is 6.71. The minimum absolute atomic E-state index is 0.290. The lowest BCUT2D eigenvalue weighted by Crippen LogP contribution is -2.11. The normalized spacial score (nSPS) is 12.1. The van der Waals surface area contributed by atoms with E-state index in [9.17, 15) is 4.79 Å². The van der Waals surface area contributed by atoms with Gasteiger partial charge in [0.05, 0.1) is 5.56 Å². The summed E-state index contributed by atoms with van der Waals surface area (Å²) in [4.78, 5) is 11.1. The molecule has 1 aromatic carbocycles. The van der Waals surface area contributed by atoms with Crippen LogP contribution in [0.1, 0.15) is 48.8 Å². The van der Waals surface area contributed by atoms with Gasteiger partial charge in [-0.25, -0.2) is 4.79 Å². The van der Waals surface area contributed by atoms with E-state index < -0.39 is 5.97 Å². The van der Waals surface area contributed by atoms with Crippen molar-refractivity contribution in [1.82, 2.24) is 4.57 Å². The summed E-state index contributed by atoms with van der Waals surface area (Å²) in [7, 11) is 0. The quantitative estimate of drug-likeness (QED) is 0.901. The number of rotatable bonds is 3. The zero-order valence-corrected chi connectivity index (χ0v) is 12.9. The number of benzene rings is 1. The highest BCUT2D eigenvalue weighted by molar-refractivity contribution is 5.95. The molecule has 0 aliphatic heterocycles. The van der Waals surface area contributed by atoms with Crippen molar-refractivity contribution in [3.8, 4) is 0 Å². The monoisotopic (exact) mass is 273 g/mol. The Kier molecular flexibility index (Phi) is 3.63. The van der Waals surface area contributed by atoms with Crippen molar-refractivity contribution in [2.75, 3.05) is 0 Å². The van der Waals surface area contributed by atoms with Gasteiger partial charge < -0.3 is 9.67 Å². The van der Waals surface area contributed by atoms with E-state index in [2.05, 4.69) is 39.2 Å². The van der Waals surface area contributed by atoms with Crippen LogP contribution in [0.5, 0.6) is 0 Å². The Balaban J connectivity index is 2.50. The average Bonchev–Trinajstić information content (AvgIpc) is 2.58. The maximum atomic E-state index is 11.1. The topological polar surface area (TPSA) is 42.2 Å². The molecular formula is C17H23NO2. The first-order chi connectivity index (χ1) is 9.20. The number of hydrogen-bond donors (Lipinski definition) is 1. The van der Waals surface area contributed by atoms with Crippen LogP contribution in [-0.4, -0.2) is 15.6 Å². The van der Waals surface area contributed by atoms with Crippen LogP contribution in [0.25, 0.3) is 10.9 Å². The number of nitrogens with zero attached hydrogens (tertiary/aromatic N) is 1. The summed E-state index contributed by atoms with van der Waals surface area (Å²) in [5.41, 5.74) is 4.18. The molecule has 0 fully saturated rings. The second-order valence-electron chi connectivity index (χ2n) is 6.71. The molecule has 108 valence electrons. The number of aromatic carboxylic acids is 1. The molecule has 0 bridgehead atoms. The predicted octanol–water partition coefficient (Wildman–Crippen LogP) is 4.39. The first-order valence-corrected chi connectivity index (χ1v) is 7.03. The summed E-state index contributed by atoms with van der Waals surface area (Å²) in [5, 5.41) is 10.2. The Morgan fingerprint density at radius 3 is 2.45 bits per heavy atom. The zero-order valence-electron chi connectivity index (χ0n) is 12.9. The van der Waals surface area contributed by atoms with Gasteiger partial charge in [0, 0.05) is 23.1 Å². The Morgan fingerprint density at radius 1 is 1.25 bits per heavy atom. The molecule has 2 rings (SSSR count). The van der Waals surface area contributed by atoms with Crippen molar-refractivity contribution in [1.29, 1.82) is 0 Å². The molecule has 0 saturated heterocycles. The maximum absolute atomic E-state index is 11.1. The van der Waals surface area contributed by atoms with Gasteiger partial charge in [-0.3, -0.25) is 0 Å². The highest BCUT2D eigenvalue weighted by Gasteiger charge is 2.16. The van der Waals surface area contributed by atoms with E-state index >= 15 is 0 Å². The molecule has 0 atom stereocenters. The molecule has 20 heavy (non-hydrogen) atoms. The Hall–Kier alpha value is -1.77. The summed E-state index contributed by atoms with van der Waals surface area (Å²) in [6.07, 6.45) is 1.09. The lowest BCUT2D eigenvalue weighted by atomic mass is 9.92. The molecule has 3 nitrogen and oxygen atoms in total. The molecule has 1 heterocycles.